The van der Waals surface area contributed by atoms with E-state index in [4.69, 9.17) is 5.73 Å². The van der Waals surface area contributed by atoms with Crippen LogP contribution >= 0.6 is 0 Å². The van der Waals surface area contributed by atoms with Gasteiger partial charge < -0.3 is 10.8 Å². The minimum absolute atomic E-state index is 0.159. The van der Waals surface area contributed by atoms with Crippen molar-refractivity contribution < 1.29 is 5.11 Å². The lowest BCUT2D eigenvalue weighted by Gasteiger charge is -2.38. The summed E-state index contributed by atoms with van der Waals surface area (Å²) in [6.07, 6.45) is 10.6. The molecule has 4 nitrogen and oxygen atoms in total. The van der Waals surface area contributed by atoms with Crippen LogP contribution in [-0.2, 0) is 13.5 Å². The first-order valence-electron chi connectivity index (χ1n) is 8.03. The highest BCUT2D eigenvalue weighted by atomic mass is 16.3. The second kappa shape index (κ2) is 6.72. The molecule has 1 aromatic heterocycles. The average Bonchev–Trinajstić information content (AvgIpc) is 2.80. The number of hydrogen-bond acceptors (Lipinski definition) is 3. The van der Waals surface area contributed by atoms with Crippen LogP contribution in [-0.4, -0.2) is 21.4 Å². The van der Waals surface area contributed by atoms with Crippen LogP contribution in [0.3, 0.4) is 0 Å². The molecule has 1 saturated carbocycles. The van der Waals surface area contributed by atoms with E-state index < -0.39 is 6.10 Å². The van der Waals surface area contributed by atoms with E-state index in [2.05, 4.69) is 12.0 Å². The Hall–Kier alpha value is -0.870. The van der Waals surface area contributed by atoms with Crippen LogP contribution in [0.2, 0.25) is 0 Å². The van der Waals surface area contributed by atoms with Crippen LogP contribution in [0.4, 0.5) is 0 Å². The predicted molar refractivity (Wildman–Crippen MR) is 81.4 cm³/mol. The fourth-order valence-corrected chi connectivity index (χ4v) is 3.58. The topological polar surface area (TPSA) is 64.1 Å². The molecule has 1 atom stereocenters. The van der Waals surface area contributed by atoms with Gasteiger partial charge in [0.05, 0.1) is 11.8 Å². The fourth-order valence-electron chi connectivity index (χ4n) is 3.58. The van der Waals surface area contributed by atoms with Gasteiger partial charge in [-0.3, -0.25) is 4.68 Å². The molecule has 0 saturated heterocycles. The Labute approximate surface area is 122 Å². The molecule has 20 heavy (non-hydrogen) atoms. The van der Waals surface area contributed by atoms with Gasteiger partial charge in [0.2, 0.25) is 0 Å². The molecule has 1 fully saturated rings. The van der Waals surface area contributed by atoms with Gasteiger partial charge in [-0.2, -0.15) is 5.10 Å². The summed E-state index contributed by atoms with van der Waals surface area (Å²) in [6.45, 7) is 2.65. The Morgan fingerprint density at radius 1 is 1.30 bits per heavy atom. The van der Waals surface area contributed by atoms with Crippen LogP contribution in [0.5, 0.6) is 0 Å². The van der Waals surface area contributed by atoms with E-state index >= 15 is 0 Å². The number of aromatic nitrogens is 2. The summed E-state index contributed by atoms with van der Waals surface area (Å²) in [4.78, 5) is 0. The molecule has 0 aromatic carbocycles. The van der Waals surface area contributed by atoms with E-state index in [1.54, 1.807) is 0 Å². The molecular weight excluding hydrogens is 250 g/mol. The summed E-state index contributed by atoms with van der Waals surface area (Å²) in [5.74, 6) is 0. The first kappa shape index (κ1) is 15.5. The maximum atomic E-state index is 11.0. The average molecular weight is 279 g/mol. The molecular formula is C16H29N3O. The molecule has 0 radical (unpaired) electrons. The number of rotatable bonds is 4. The van der Waals surface area contributed by atoms with Crippen LogP contribution in [0, 0.1) is 5.41 Å². The lowest BCUT2D eigenvalue weighted by molar-refractivity contribution is 0.00789. The Bertz CT molecular complexity index is 419. The van der Waals surface area contributed by atoms with Crippen molar-refractivity contribution in [3.8, 4) is 0 Å². The first-order chi connectivity index (χ1) is 9.63. The van der Waals surface area contributed by atoms with Crippen molar-refractivity contribution in [2.75, 3.05) is 6.54 Å². The predicted octanol–water partition coefficient (Wildman–Crippen LogP) is 2.71. The summed E-state index contributed by atoms with van der Waals surface area (Å²) in [5, 5.41) is 15.5. The van der Waals surface area contributed by atoms with Gasteiger partial charge in [-0.15, -0.1) is 0 Å². The van der Waals surface area contributed by atoms with Gasteiger partial charge in [-0.05, 0) is 19.3 Å². The van der Waals surface area contributed by atoms with Gasteiger partial charge >= 0.3 is 0 Å². The van der Waals surface area contributed by atoms with Crippen LogP contribution in [0.25, 0.3) is 0 Å². The van der Waals surface area contributed by atoms with Crippen molar-refractivity contribution in [3.05, 3.63) is 17.5 Å². The quantitative estimate of drug-likeness (QED) is 0.890. The van der Waals surface area contributed by atoms with Crippen LogP contribution in [0.1, 0.15) is 69.2 Å². The zero-order valence-corrected chi connectivity index (χ0v) is 12.9. The monoisotopic (exact) mass is 279 g/mol. The van der Waals surface area contributed by atoms with Gasteiger partial charge in [0.1, 0.15) is 0 Å². The zero-order chi connectivity index (χ0) is 14.6. The molecule has 1 unspecified atom stereocenters. The van der Waals surface area contributed by atoms with Crippen molar-refractivity contribution in [2.24, 2.45) is 18.2 Å². The molecule has 4 heteroatoms. The Morgan fingerprint density at radius 3 is 2.45 bits per heavy atom. The van der Waals surface area contributed by atoms with E-state index in [9.17, 15) is 5.11 Å². The highest BCUT2D eigenvalue weighted by Gasteiger charge is 2.38. The van der Waals surface area contributed by atoms with Crippen LogP contribution in [0.15, 0.2) is 6.20 Å². The SMILES string of the molecule is CCc1nn(C)cc1C(O)C1(CN)CCCCCCC1. The van der Waals surface area contributed by atoms with Gasteiger partial charge in [0.25, 0.3) is 0 Å². The Morgan fingerprint density at radius 2 is 1.90 bits per heavy atom. The zero-order valence-electron chi connectivity index (χ0n) is 12.9. The van der Waals surface area contributed by atoms with Gasteiger partial charge in [0.15, 0.2) is 0 Å². The van der Waals surface area contributed by atoms with Gasteiger partial charge in [-0.1, -0.05) is 39.0 Å². The standard InChI is InChI=1S/C16H29N3O/c1-3-14-13(11-19(2)18-14)15(20)16(12-17)9-7-5-4-6-8-10-16/h11,15,20H,3-10,12,17H2,1-2H3. The van der Waals surface area contributed by atoms with Crippen molar-refractivity contribution in [3.63, 3.8) is 0 Å². The number of aliphatic hydroxyl groups excluding tert-OH is 1. The summed E-state index contributed by atoms with van der Waals surface area (Å²) >= 11 is 0. The number of nitrogens with zero attached hydrogens (tertiary/aromatic N) is 2. The van der Waals surface area contributed by atoms with E-state index in [1.165, 1.54) is 32.1 Å². The fraction of sp³-hybridized carbons (Fsp3) is 0.812. The lowest BCUT2D eigenvalue weighted by atomic mass is 9.70. The molecule has 1 aliphatic rings. The first-order valence-corrected chi connectivity index (χ1v) is 8.03. The van der Waals surface area contributed by atoms with E-state index in [0.29, 0.717) is 6.54 Å². The summed E-state index contributed by atoms with van der Waals surface area (Å²) in [5.41, 5.74) is 7.94. The third-order valence-corrected chi connectivity index (χ3v) is 4.90. The van der Waals surface area contributed by atoms with E-state index in [-0.39, 0.29) is 5.41 Å². The van der Waals surface area contributed by atoms with Gasteiger partial charge in [-0.25, -0.2) is 0 Å². The second-order valence-corrected chi connectivity index (χ2v) is 6.30. The molecule has 0 bridgehead atoms. The molecule has 1 heterocycles. The maximum Gasteiger partial charge on any atom is 0.0891 e. The van der Waals surface area contributed by atoms with Crippen molar-refractivity contribution in [1.29, 1.82) is 0 Å². The molecule has 1 aliphatic carbocycles. The normalized spacial score (nSPS) is 21.2. The van der Waals surface area contributed by atoms with Crippen LogP contribution < -0.4 is 5.73 Å². The summed E-state index contributed by atoms with van der Waals surface area (Å²) in [6, 6.07) is 0. The van der Waals surface area contributed by atoms with Gasteiger partial charge in [0, 0.05) is 30.8 Å². The minimum atomic E-state index is -0.478. The molecule has 0 amide bonds. The number of aliphatic hydroxyl groups is 1. The highest BCUT2D eigenvalue weighted by molar-refractivity contribution is 5.22. The smallest absolute Gasteiger partial charge is 0.0891 e. The number of aryl methyl sites for hydroxylation is 2. The molecule has 114 valence electrons. The molecule has 0 spiro atoms. The third-order valence-electron chi connectivity index (χ3n) is 4.90. The Balaban J connectivity index is 2.28. The molecule has 3 N–H and O–H groups in total. The van der Waals surface area contributed by atoms with Crippen molar-refractivity contribution >= 4 is 0 Å². The molecule has 0 aliphatic heterocycles. The molecule has 1 aromatic rings. The van der Waals surface area contributed by atoms with E-state index in [0.717, 1.165) is 30.5 Å². The summed E-state index contributed by atoms with van der Waals surface area (Å²) < 4.78 is 1.81. The second-order valence-electron chi connectivity index (χ2n) is 6.30. The largest absolute Gasteiger partial charge is 0.388 e. The lowest BCUT2D eigenvalue weighted by Crippen LogP contribution is -2.37. The van der Waals surface area contributed by atoms with Crippen molar-refractivity contribution in [1.82, 2.24) is 9.78 Å². The number of hydrogen-bond donors (Lipinski definition) is 2. The summed E-state index contributed by atoms with van der Waals surface area (Å²) in [7, 11) is 1.92. The van der Waals surface area contributed by atoms with E-state index in [1.807, 2.05) is 17.9 Å². The molecule has 2 rings (SSSR count). The third kappa shape index (κ3) is 3.07. The Kier molecular flexibility index (Phi) is 5.22. The maximum absolute atomic E-state index is 11.0. The van der Waals surface area contributed by atoms with Crippen molar-refractivity contribution in [2.45, 2.75) is 64.4 Å². The highest BCUT2D eigenvalue weighted by Crippen LogP contribution is 2.44. The minimum Gasteiger partial charge on any atom is -0.388 e. The number of nitrogens with two attached hydrogens (primary N) is 1.